The van der Waals surface area contributed by atoms with Gasteiger partial charge in [0.1, 0.15) is 5.02 Å². The Hall–Kier alpha value is -1.82. The predicted molar refractivity (Wildman–Crippen MR) is 78.9 cm³/mol. The van der Waals surface area contributed by atoms with Crippen molar-refractivity contribution in [3.63, 3.8) is 0 Å². The number of nitrogens with one attached hydrogen (secondary N) is 1. The third-order valence-electron chi connectivity index (χ3n) is 2.94. The van der Waals surface area contributed by atoms with Crippen molar-refractivity contribution < 1.29 is 0 Å². The van der Waals surface area contributed by atoms with E-state index in [9.17, 15) is 4.79 Å². The van der Waals surface area contributed by atoms with Gasteiger partial charge in [0.2, 0.25) is 0 Å². The van der Waals surface area contributed by atoms with Gasteiger partial charge < -0.3 is 5.32 Å². The molecule has 0 amide bonds. The first kappa shape index (κ1) is 14.6. The van der Waals surface area contributed by atoms with E-state index in [0.29, 0.717) is 18.8 Å². The molecule has 2 aromatic heterocycles. The van der Waals surface area contributed by atoms with Gasteiger partial charge in [-0.05, 0) is 12.5 Å². The minimum absolute atomic E-state index is 0.173. The third kappa shape index (κ3) is 3.39. The minimum Gasteiger partial charge on any atom is -0.377 e. The number of rotatable bonds is 6. The lowest BCUT2D eigenvalue weighted by atomic mass is 10.3. The fraction of sp³-hybridized carbons (Fsp3) is 0.462. The molecule has 0 saturated heterocycles. The molecule has 0 aromatic carbocycles. The number of halogens is 1. The van der Waals surface area contributed by atoms with Gasteiger partial charge in [-0.15, -0.1) is 0 Å². The lowest BCUT2D eigenvalue weighted by Gasteiger charge is -2.09. The molecule has 7 heteroatoms. The van der Waals surface area contributed by atoms with Gasteiger partial charge in [-0.1, -0.05) is 24.9 Å². The predicted octanol–water partition coefficient (Wildman–Crippen LogP) is 2.04. The number of nitrogens with zero attached hydrogens (tertiary/aromatic N) is 4. The number of hydrogen-bond donors (Lipinski definition) is 1. The summed E-state index contributed by atoms with van der Waals surface area (Å²) in [6.45, 7) is 3.16. The monoisotopic (exact) mass is 295 g/mol. The van der Waals surface area contributed by atoms with Gasteiger partial charge in [-0.2, -0.15) is 10.2 Å². The van der Waals surface area contributed by atoms with Crippen molar-refractivity contribution in [2.45, 2.75) is 32.9 Å². The molecule has 0 aliphatic rings. The first-order valence-corrected chi connectivity index (χ1v) is 6.97. The number of anilines is 1. The normalized spacial score (nSPS) is 10.8. The summed E-state index contributed by atoms with van der Waals surface area (Å²) >= 11 is 6.09. The zero-order valence-corrected chi connectivity index (χ0v) is 12.4. The lowest BCUT2D eigenvalue weighted by Crippen LogP contribution is -2.24. The molecule has 2 heterocycles. The summed E-state index contributed by atoms with van der Waals surface area (Å²) in [7, 11) is 1.85. The molecule has 0 aliphatic carbocycles. The van der Waals surface area contributed by atoms with E-state index in [2.05, 4.69) is 22.4 Å². The molecule has 0 spiro atoms. The van der Waals surface area contributed by atoms with Crippen LogP contribution in [0.1, 0.15) is 25.5 Å². The molecule has 6 nitrogen and oxygen atoms in total. The summed E-state index contributed by atoms with van der Waals surface area (Å²) in [4.78, 5) is 12.0. The standard InChI is InChI=1S/C13H18ClN5O/c1-3-4-6-19-13(20)12(14)11(9-16-19)15-8-10-5-7-18(2)17-10/h5,7,9,15H,3-4,6,8H2,1-2H3. The second-order valence-corrected chi connectivity index (χ2v) is 4.97. The highest BCUT2D eigenvalue weighted by Crippen LogP contribution is 2.16. The van der Waals surface area contributed by atoms with Crippen molar-refractivity contribution >= 4 is 17.3 Å². The van der Waals surface area contributed by atoms with Crippen LogP contribution in [0.25, 0.3) is 0 Å². The Labute approximate surface area is 122 Å². The highest BCUT2D eigenvalue weighted by molar-refractivity contribution is 6.32. The topological polar surface area (TPSA) is 64.7 Å². The first-order chi connectivity index (χ1) is 9.61. The van der Waals surface area contributed by atoms with E-state index in [0.717, 1.165) is 18.5 Å². The van der Waals surface area contributed by atoms with Crippen LogP contribution in [0.3, 0.4) is 0 Å². The Morgan fingerprint density at radius 3 is 2.90 bits per heavy atom. The van der Waals surface area contributed by atoms with Gasteiger partial charge in [0.05, 0.1) is 24.1 Å². The van der Waals surface area contributed by atoms with Crippen LogP contribution in [0.5, 0.6) is 0 Å². The molecule has 2 rings (SSSR count). The maximum Gasteiger partial charge on any atom is 0.287 e. The molecular formula is C13H18ClN5O. The molecule has 2 aromatic rings. The highest BCUT2D eigenvalue weighted by atomic mass is 35.5. The average Bonchev–Trinajstić information content (AvgIpc) is 2.85. The Kier molecular flexibility index (Phi) is 4.79. The maximum atomic E-state index is 12.0. The van der Waals surface area contributed by atoms with Crippen LogP contribution >= 0.6 is 11.6 Å². The lowest BCUT2D eigenvalue weighted by molar-refractivity contribution is 0.543. The minimum atomic E-state index is -0.258. The van der Waals surface area contributed by atoms with Gasteiger partial charge in [0.15, 0.2) is 0 Å². The van der Waals surface area contributed by atoms with Crippen molar-refractivity contribution in [1.29, 1.82) is 0 Å². The van der Waals surface area contributed by atoms with Gasteiger partial charge in [0, 0.05) is 19.8 Å². The van der Waals surface area contributed by atoms with E-state index in [1.165, 1.54) is 4.68 Å². The van der Waals surface area contributed by atoms with Crippen molar-refractivity contribution in [2.24, 2.45) is 7.05 Å². The fourth-order valence-electron chi connectivity index (χ4n) is 1.80. The zero-order valence-electron chi connectivity index (χ0n) is 11.6. The van der Waals surface area contributed by atoms with E-state index < -0.39 is 0 Å². The number of unbranched alkanes of at least 4 members (excludes halogenated alkanes) is 1. The Morgan fingerprint density at radius 2 is 2.25 bits per heavy atom. The van der Waals surface area contributed by atoms with Crippen molar-refractivity contribution in [3.8, 4) is 0 Å². The van der Waals surface area contributed by atoms with E-state index >= 15 is 0 Å². The van der Waals surface area contributed by atoms with E-state index in [1.807, 2.05) is 19.3 Å². The molecule has 0 radical (unpaired) electrons. The molecule has 0 aliphatic heterocycles. The van der Waals surface area contributed by atoms with Crippen molar-refractivity contribution in [1.82, 2.24) is 19.6 Å². The van der Waals surface area contributed by atoms with Crippen LogP contribution in [0, 0.1) is 0 Å². The van der Waals surface area contributed by atoms with Crippen molar-refractivity contribution in [3.05, 3.63) is 39.5 Å². The van der Waals surface area contributed by atoms with Gasteiger partial charge in [-0.3, -0.25) is 9.48 Å². The second-order valence-electron chi connectivity index (χ2n) is 4.59. The summed E-state index contributed by atoms with van der Waals surface area (Å²) in [5.74, 6) is 0. The molecule has 20 heavy (non-hydrogen) atoms. The largest absolute Gasteiger partial charge is 0.377 e. The van der Waals surface area contributed by atoms with Crippen LogP contribution in [-0.2, 0) is 20.1 Å². The number of aryl methyl sites for hydroxylation is 2. The Bertz CT molecular complexity index is 634. The van der Waals surface area contributed by atoms with E-state index in [4.69, 9.17) is 11.6 Å². The van der Waals surface area contributed by atoms with Gasteiger partial charge >= 0.3 is 0 Å². The molecule has 1 N–H and O–H groups in total. The van der Waals surface area contributed by atoms with Crippen LogP contribution in [0.4, 0.5) is 5.69 Å². The molecule has 0 bridgehead atoms. The second kappa shape index (κ2) is 6.56. The Morgan fingerprint density at radius 1 is 1.45 bits per heavy atom. The molecular weight excluding hydrogens is 278 g/mol. The third-order valence-corrected chi connectivity index (χ3v) is 3.30. The maximum absolute atomic E-state index is 12.0. The molecule has 0 saturated carbocycles. The number of aromatic nitrogens is 4. The van der Waals surface area contributed by atoms with Gasteiger partial charge in [0.25, 0.3) is 5.56 Å². The average molecular weight is 296 g/mol. The molecule has 108 valence electrons. The molecule has 0 fully saturated rings. The summed E-state index contributed by atoms with van der Waals surface area (Å²) in [5.41, 5.74) is 1.15. The van der Waals surface area contributed by atoms with E-state index in [1.54, 1.807) is 10.9 Å². The summed E-state index contributed by atoms with van der Waals surface area (Å²) in [6.07, 6.45) is 5.36. The smallest absolute Gasteiger partial charge is 0.287 e. The van der Waals surface area contributed by atoms with E-state index in [-0.39, 0.29) is 10.6 Å². The fourth-order valence-corrected chi connectivity index (χ4v) is 2.01. The summed E-state index contributed by atoms with van der Waals surface area (Å²) in [6, 6.07) is 1.90. The Balaban J connectivity index is 2.09. The molecule has 0 atom stereocenters. The molecule has 0 unspecified atom stereocenters. The van der Waals surface area contributed by atoms with Crippen LogP contribution < -0.4 is 10.9 Å². The SMILES string of the molecule is CCCCn1ncc(NCc2ccn(C)n2)c(Cl)c1=O. The highest BCUT2D eigenvalue weighted by Gasteiger charge is 2.09. The summed E-state index contributed by atoms with van der Waals surface area (Å²) < 4.78 is 3.12. The van der Waals surface area contributed by atoms with Gasteiger partial charge in [-0.25, -0.2) is 4.68 Å². The quantitative estimate of drug-likeness (QED) is 0.886. The summed E-state index contributed by atoms with van der Waals surface area (Å²) in [5, 5.41) is 11.6. The number of hydrogen-bond acceptors (Lipinski definition) is 4. The first-order valence-electron chi connectivity index (χ1n) is 6.60. The van der Waals surface area contributed by atoms with Crippen molar-refractivity contribution in [2.75, 3.05) is 5.32 Å². The van der Waals surface area contributed by atoms with Crippen LogP contribution in [-0.4, -0.2) is 19.6 Å². The van der Waals surface area contributed by atoms with Crippen LogP contribution in [0.2, 0.25) is 5.02 Å². The zero-order chi connectivity index (χ0) is 14.5. The van der Waals surface area contributed by atoms with Crippen LogP contribution in [0.15, 0.2) is 23.3 Å².